The van der Waals surface area contributed by atoms with Gasteiger partial charge in [-0.25, -0.2) is 4.98 Å². The molecule has 6 heteroatoms. The number of hydrogen-bond donors (Lipinski definition) is 1. The Morgan fingerprint density at radius 3 is 3.00 bits per heavy atom. The molecule has 2 rings (SSSR count). The molecule has 1 fully saturated rings. The van der Waals surface area contributed by atoms with Gasteiger partial charge in [-0.2, -0.15) is 0 Å². The average molecular weight is 297 g/mol. The smallest absolute Gasteiger partial charge is 0.226 e. The second kappa shape index (κ2) is 8.34. The van der Waals surface area contributed by atoms with Crippen molar-refractivity contribution < 1.29 is 9.53 Å². The van der Waals surface area contributed by atoms with Crippen LogP contribution in [0.1, 0.15) is 38.3 Å². The monoisotopic (exact) mass is 297 g/mol. The highest BCUT2D eigenvalue weighted by molar-refractivity contribution is 7.13. The Morgan fingerprint density at radius 2 is 2.25 bits per heavy atom. The molecule has 1 aromatic rings. The zero-order valence-corrected chi connectivity index (χ0v) is 12.9. The van der Waals surface area contributed by atoms with E-state index in [1.54, 1.807) is 0 Å². The third kappa shape index (κ3) is 5.19. The number of ether oxygens (including phenoxy) is 1. The number of morpholine rings is 1. The molecule has 1 aliphatic rings. The Bertz CT molecular complexity index is 416. The molecule has 112 valence electrons. The quantitative estimate of drug-likeness (QED) is 0.786. The van der Waals surface area contributed by atoms with Gasteiger partial charge >= 0.3 is 0 Å². The summed E-state index contributed by atoms with van der Waals surface area (Å²) < 4.78 is 5.33. The van der Waals surface area contributed by atoms with Crippen LogP contribution in [-0.4, -0.2) is 42.1 Å². The number of nitrogens with one attached hydrogen (secondary N) is 1. The van der Waals surface area contributed by atoms with Crippen molar-refractivity contribution in [2.45, 2.75) is 39.2 Å². The van der Waals surface area contributed by atoms with Gasteiger partial charge in [0, 0.05) is 31.4 Å². The van der Waals surface area contributed by atoms with Gasteiger partial charge in [0.15, 0.2) is 5.13 Å². The number of unbranched alkanes of at least 4 members (excludes halogenated alkanes) is 2. The third-order valence-corrected chi connectivity index (χ3v) is 4.10. The molecular formula is C14H23N3O2S. The highest BCUT2D eigenvalue weighted by Crippen LogP contribution is 2.17. The predicted molar refractivity (Wildman–Crippen MR) is 81.0 cm³/mol. The lowest BCUT2D eigenvalue weighted by molar-refractivity contribution is -0.116. The fourth-order valence-corrected chi connectivity index (χ4v) is 2.86. The summed E-state index contributed by atoms with van der Waals surface area (Å²) in [4.78, 5) is 18.5. The van der Waals surface area contributed by atoms with Crippen LogP contribution in [0.15, 0.2) is 5.38 Å². The van der Waals surface area contributed by atoms with Crippen LogP contribution < -0.4 is 5.32 Å². The minimum absolute atomic E-state index is 0.0747. The van der Waals surface area contributed by atoms with Crippen LogP contribution in [0.2, 0.25) is 0 Å². The van der Waals surface area contributed by atoms with Crippen LogP contribution in [0.4, 0.5) is 5.13 Å². The Hall–Kier alpha value is -0.980. The summed E-state index contributed by atoms with van der Waals surface area (Å²) in [6.45, 7) is 6.48. The minimum atomic E-state index is 0.0747. The fourth-order valence-electron chi connectivity index (χ4n) is 2.14. The van der Waals surface area contributed by atoms with Gasteiger partial charge in [-0.05, 0) is 6.42 Å². The van der Waals surface area contributed by atoms with Gasteiger partial charge in [0.2, 0.25) is 5.91 Å². The maximum atomic E-state index is 11.7. The fraction of sp³-hybridized carbons (Fsp3) is 0.714. The molecule has 20 heavy (non-hydrogen) atoms. The number of amides is 1. The first-order valence-corrected chi connectivity index (χ1v) is 8.20. The number of anilines is 1. The molecule has 0 unspecified atom stereocenters. The van der Waals surface area contributed by atoms with Crippen molar-refractivity contribution in [2.75, 3.05) is 31.6 Å². The first-order chi connectivity index (χ1) is 9.78. The number of hydrogen-bond acceptors (Lipinski definition) is 5. The zero-order valence-electron chi connectivity index (χ0n) is 12.1. The molecule has 0 aliphatic carbocycles. The van der Waals surface area contributed by atoms with Crippen LogP contribution in [-0.2, 0) is 16.1 Å². The van der Waals surface area contributed by atoms with E-state index in [1.165, 1.54) is 11.3 Å². The number of aromatic nitrogens is 1. The third-order valence-electron chi connectivity index (χ3n) is 3.29. The van der Waals surface area contributed by atoms with E-state index in [0.717, 1.165) is 62.9 Å². The molecule has 0 saturated carbocycles. The summed E-state index contributed by atoms with van der Waals surface area (Å²) in [7, 11) is 0. The predicted octanol–water partition coefficient (Wildman–Crippen LogP) is 2.49. The van der Waals surface area contributed by atoms with E-state index < -0.39 is 0 Å². The first-order valence-electron chi connectivity index (χ1n) is 7.32. The van der Waals surface area contributed by atoms with Gasteiger partial charge in [-0.1, -0.05) is 19.8 Å². The number of rotatable bonds is 7. The van der Waals surface area contributed by atoms with Crippen molar-refractivity contribution in [1.82, 2.24) is 9.88 Å². The second-order valence-corrected chi connectivity index (χ2v) is 5.90. The summed E-state index contributed by atoms with van der Waals surface area (Å²) in [6, 6.07) is 0. The number of carbonyl (C=O) groups excluding carboxylic acids is 1. The highest BCUT2D eigenvalue weighted by Gasteiger charge is 2.13. The van der Waals surface area contributed by atoms with E-state index in [-0.39, 0.29) is 5.91 Å². The Kier molecular flexibility index (Phi) is 6.42. The molecule has 1 N–H and O–H groups in total. The molecule has 0 bridgehead atoms. The van der Waals surface area contributed by atoms with Crippen LogP contribution in [0.3, 0.4) is 0 Å². The van der Waals surface area contributed by atoms with Gasteiger partial charge in [0.25, 0.3) is 0 Å². The lowest BCUT2D eigenvalue weighted by Gasteiger charge is -2.25. The van der Waals surface area contributed by atoms with Crippen molar-refractivity contribution in [3.63, 3.8) is 0 Å². The minimum Gasteiger partial charge on any atom is -0.379 e. The maximum Gasteiger partial charge on any atom is 0.226 e. The number of nitrogens with zero attached hydrogens (tertiary/aromatic N) is 2. The van der Waals surface area contributed by atoms with Gasteiger partial charge in [0.1, 0.15) is 0 Å². The van der Waals surface area contributed by atoms with E-state index in [2.05, 4.69) is 22.1 Å². The van der Waals surface area contributed by atoms with Crippen molar-refractivity contribution in [3.05, 3.63) is 11.1 Å². The molecule has 1 aromatic heterocycles. The molecule has 1 saturated heterocycles. The van der Waals surface area contributed by atoms with E-state index in [9.17, 15) is 4.79 Å². The highest BCUT2D eigenvalue weighted by atomic mass is 32.1. The van der Waals surface area contributed by atoms with Gasteiger partial charge in [0.05, 0.1) is 18.9 Å². The topological polar surface area (TPSA) is 54.5 Å². The first kappa shape index (κ1) is 15.4. The standard InChI is InChI=1S/C14H23N3O2S/c1-2-3-4-5-13(18)16-14-15-12(11-20-14)10-17-6-8-19-9-7-17/h11H,2-10H2,1H3,(H,15,16,18). The summed E-state index contributed by atoms with van der Waals surface area (Å²) in [5.74, 6) is 0.0747. The van der Waals surface area contributed by atoms with Crippen LogP contribution in [0, 0.1) is 0 Å². The summed E-state index contributed by atoms with van der Waals surface area (Å²) in [5, 5.41) is 5.63. The van der Waals surface area contributed by atoms with Crippen LogP contribution in [0.5, 0.6) is 0 Å². The van der Waals surface area contributed by atoms with E-state index in [1.807, 2.05) is 5.38 Å². The van der Waals surface area contributed by atoms with Crippen LogP contribution in [0.25, 0.3) is 0 Å². The lowest BCUT2D eigenvalue weighted by atomic mass is 10.2. The summed E-state index contributed by atoms with van der Waals surface area (Å²) in [5.41, 5.74) is 1.03. The molecule has 1 aliphatic heterocycles. The van der Waals surface area contributed by atoms with E-state index >= 15 is 0 Å². The number of carbonyl (C=O) groups is 1. The van der Waals surface area contributed by atoms with Gasteiger partial charge in [-0.15, -0.1) is 11.3 Å². The molecule has 0 aromatic carbocycles. The van der Waals surface area contributed by atoms with Crippen molar-refractivity contribution >= 4 is 22.4 Å². The zero-order chi connectivity index (χ0) is 14.2. The van der Waals surface area contributed by atoms with E-state index in [0.29, 0.717) is 6.42 Å². The molecular weight excluding hydrogens is 274 g/mol. The molecule has 0 radical (unpaired) electrons. The Balaban J connectivity index is 1.75. The van der Waals surface area contributed by atoms with Crippen molar-refractivity contribution in [3.8, 4) is 0 Å². The molecule has 0 atom stereocenters. The Labute approximate surface area is 124 Å². The van der Waals surface area contributed by atoms with Gasteiger partial charge in [-0.3, -0.25) is 9.69 Å². The lowest BCUT2D eigenvalue weighted by Crippen LogP contribution is -2.35. The summed E-state index contributed by atoms with van der Waals surface area (Å²) in [6.07, 6.45) is 3.78. The largest absolute Gasteiger partial charge is 0.379 e. The normalized spacial score (nSPS) is 16.2. The van der Waals surface area contributed by atoms with Crippen molar-refractivity contribution in [1.29, 1.82) is 0 Å². The Morgan fingerprint density at radius 1 is 1.45 bits per heavy atom. The van der Waals surface area contributed by atoms with Crippen molar-refractivity contribution in [2.24, 2.45) is 0 Å². The molecule has 2 heterocycles. The van der Waals surface area contributed by atoms with Crippen LogP contribution >= 0.6 is 11.3 Å². The maximum absolute atomic E-state index is 11.7. The SMILES string of the molecule is CCCCCC(=O)Nc1nc(CN2CCOCC2)cs1. The molecule has 1 amide bonds. The molecule has 5 nitrogen and oxygen atoms in total. The second-order valence-electron chi connectivity index (χ2n) is 5.04. The summed E-state index contributed by atoms with van der Waals surface area (Å²) >= 11 is 1.50. The average Bonchev–Trinajstić information content (AvgIpc) is 2.87. The number of thiazole rings is 1. The molecule has 0 spiro atoms. The van der Waals surface area contributed by atoms with E-state index in [4.69, 9.17) is 4.74 Å². The van der Waals surface area contributed by atoms with Gasteiger partial charge < -0.3 is 10.1 Å².